The van der Waals surface area contributed by atoms with Crippen molar-refractivity contribution in [1.82, 2.24) is 5.32 Å². The number of rotatable bonds is 8. The summed E-state index contributed by atoms with van der Waals surface area (Å²) in [5.41, 5.74) is -0.500. The van der Waals surface area contributed by atoms with Gasteiger partial charge in [0, 0.05) is 23.4 Å². The number of benzene rings is 2. The quantitative estimate of drug-likeness (QED) is 0.501. The number of amides is 2. The lowest BCUT2D eigenvalue weighted by Gasteiger charge is -2.22. The van der Waals surface area contributed by atoms with Crippen molar-refractivity contribution in [2.24, 2.45) is 5.92 Å². The molecule has 0 radical (unpaired) electrons. The van der Waals surface area contributed by atoms with Crippen LogP contribution in [0.15, 0.2) is 36.4 Å². The first-order valence-corrected chi connectivity index (χ1v) is 8.95. The molecule has 9 nitrogen and oxygen atoms in total. The van der Waals surface area contributed by atoms with Crippen molar-refractivity contribution in [1.29, 1.82) is 0 Å². The number of anilines is 1. The van der Waals surface area contributed by atoms with Crippen LogP contribution in [0, 0.1) is 21.8 Å². The maximum atomic E-state index is 13.5. The Bertz CT molecular complexity index is 941. The van der Waals surface area contributed by atoms with Gasteiger partial charge in [-0.3, -0.25) is 19.7 Å². The smallest absolute Gasteiger partial charge is 0.306 e. The SMILES string of the molecule is COc1cc(OC)cc(C(=O)NC(C(=O)Nc2ccc(F)c([N+](=O)[O-])c2)C(C)C)c1. The molecule has 1 atom stereocenters. The number of methoxy groups -OCH3 is 2. The third-order valence-electron chi connectivity index (χ3n) is 4.26. The van der Waals surface area contributed by atoms with Crippen LogP contribution in [0.3, 0.4) is 0 Å². The number of carbonyl (C=O) groups is 2. The minimum absolute atomic E-state index is 0.0380. The molecule has 160 valence electrons. The zero-order valence-corrected chi connectivity index (χ0v) is 16.9. The molecule has 30 heavy (non-hydrogen) atoms. The molecule has 0 heterocycles. The van der Waals surface area contributed by atoms with Gasteiger partial charge in [-0.15, -0.1) is 0 Å². The molecule has 0 bridgehead atoms. The third kappa shape index (κ3) is 5.43. The maximum Gasteiger partial charge on any atom is 0.306 e. The van der Waals surface area contributed by atoms with Crippen molar-refractivity contribution in [3.8, 4) is 11.5 Å². The summed E-state index contributed by atoms with van der Waals surface area (Å²) < 4.78 is 23.8. The molecule has 2 amide bonds. The summed E-state index contributed by atoms with van der Waals surface area (Å²) in [7, 11) is 2.89. The van der Waals surface area contributed by atoms with Gasteiger partial charge in [-0.1, -0.05) is 13.8 Å². The number of hydrogen-bond donors (Lipinski definition) is 2. The summed E-state index contributed by atoms with van der Waals surface area (Å²) in [5, 5.41) is 16.0. The lowest BCUT2D eigenvalue weighted by molar-refractivity contribution is -0.387. The average molecular weight is 419 g/mol. The second kappa shape index (κ2) is 9.68. The van der Waals surface area contributed by atoms with E-state index < -0.39 is 34.3 Å². The van der Waals surface area contributed by atoms with E-state index in [1.165, 1.54) is 32.4 Å². The summed E-state index contributed by atoms with van der Waals surface area (Å²) in [6, 6.07) is 6.64. The Balaban J connectivity index is 2.22. The Morgan fingerprint density at radius 3 is 2.17 bits per heavy atom. The Labute approximate surface area is 172 Å². The second-order valence-corrected chi connectivity index (χ2v) is 6.71. The van der Waals surface area contributed by atoms with Gasteiger partial charge in [-0.05, 0) is 30.2 Å². The molecule has 2 aromatic rings. The molecule has 0 aliphatic rings. The zero-order chi connectivity index (χ0) is 22.4. The molecule has 10 heteroatoms. The number of nitro benzene ring substituents is 1. The Hall–Kier alpha value is -3.69. The highest BCUT2D eigenvalue weighted by Crippen LogP contribution is 2.24. The molecule has 0 saturated carbocycles. The Morgan fingerprint density at radius 2 is 1.67 bits per heavy atom. The third-order valence-corrected chi connectivity index (χ3v) is 4.26. The van der Waals surface area contributed by atoms with E-state index in [1.54, 1.807) is 19.9 Å². The van der Waals surface area contributed by atoms with E-state index in [0.717, 1.165) is 12.1 Å². The van der Waals surface area contributed by atoms with Crippen LogP contribution in [0.25, 0.3) is 0 Å². The predicted octanol–water partition coefficient (Wildman–Crippen LogP) is 3.14. The molecule has 2 rings (SSSR count). The average Bonchev–Trinajstić information content (AvgIpc) is 2.72. The fourth-order valence-corrected chi connectivity index (χ4v) is 2.65. The van der Waals surface area contributed by atoms with E-state index in [-0.39, 0.29) is 17.2 Å². The summed E-state index contributed by atoms with van der Waals surface area (Å²) in [6.45, 7) is 3.45. The molecule has 2 aromatic carbocycles. The van der Waals surface area contributed by atoms with Gasteiger partial charge in [0.05, 0.1) is 19.1 Å². The molecular weight excluding hydrogens is 397 g/mol. The van der Waals surface area contributed by atoms with Gasteiger partial charge in [0.1, 0.15) is 17.5 Å². The molecule has 2 N–H and O–H groups in total. The van der Waals surface area contributed by atoms with Crippen LogP contribution >= 0.6 is 0 Å². The van der Waals surface area contributed by atoms with Crippen LogP contribution in [0.1, 0.15) is 24.2 Å². The van der Waals surface area contributed by atoms with E-state index in [4.69, 9.17) is 9.47 Å². The van der Waals surface area contributed by atoms with Gasteiger partial charge < -0.3 is 20.1 Å². The highest BCUT2D eigenvalue weighted by atomic mass is 19.1. The number of ether oxygens (including phenoxy) is 2. The summed E-state index contributed by atoms with van der Waals surface area (Å²) in [5.74, 6) is -1.65. The topological polar surface area (TPSA) is 120 Å². The van der Waals surface area contributed by atoms with Crippen molar-refractivity contribution in [3.05, 3.63) is 57.9 Å². The van der Waals surface area contributed by atoms with E-state index in [1.807, 2.05) is 0 Å². The molecule has 0 aliphatic carbocycles. The number of hydrogen-bond acceptors (Lipinski definition) is 6. The zero-order valence-electron chi connectivity index (χ0n) is 16.9. The molecule has 1 unspecified atom stereocenters. The standard InChI is InChI=1S/C20H22FN3O6/c1-11(2)18(20(26)22-13-5-6-16(21)17(9-13)24(27)28)23-19(25)12-7-14(29-3)10-15(8-12)30-4/h5-11,18H,1-4H3,(H,22,26)(H,23,25). The Morgan fingerprint density at radius 1 is 1.07 bits per heavy atom. The van der Waals surface area contributed by atoms with Gasteiger partial charge in [-0.25, -0.2) is 0 Å². The first kappa shape index (κ1) is 22.6. The van der Waals surface area contributed by atoms with Gasteiger partial charge in [0.15, 0.2) is 0 Å². The second-order valence-electron chi connectivity index (χ2n) is 6.71. The summed E-state index contributed by atoms with van der Waals surface area (Å²) >= 11 is 0. The van der Waals surface area contributed by atoms with Crippen LogP contribution in [0.5, 0.6) is 11.5 Å². The first-order chi connectivity index (χ1) is 14.2. The van der Waals surface area contributed by atoms with Crippen molar-refractivity contribution >= 4 is 23.2 Å². The Kier molecular flexibility index (Phi) is 7.29. The fraction of sp³-hybridized carbons (Fsp3) is 0.300. The van der Waals surface area contributed by atoms with Crippen molar-refractivity contribution in [2.45, 2.75) is 19.9 Å². The van der Waals surface area contributed by atoms with E-state index in [9.17, 15) is 24.1 Å². The summed E-state index contributed by atoms with van der Waals surface area (Å²) in [4.78, 5) is 35.4. The molecular formula is C20H22FN3O6. The van der Waals surface area contributed by atoms with E-state index in [0.29, 0.717) is 11.5 Å². The number of nitrogens with one attached hydrogen (secondary N) is 2. The van der Waals surface area contributed by atoms with Crippen molar-refractivity contribution in [3.63, 3.8) is 0 Å². The number of carbonyl (C=O) groups excluding carboxylic acids is 2. The number of nitro groups is 1. The lowest BCUT2D eigenvalue weighted by Crippen LogP contribution is -2.47. The molecule has 0 fully saturated rings. The summed E-state index contributed by atoms with van der Waals surface area (Å²) in [6.07, 6.45) is 0. The molecule has 0 spiro atoms. The minimum Gasteiger partial charge on any atom is -0.497 e. The monoisotopic (exact) mass is 419 g/mol. The van der Waals surface area contributed by atoms with Crippen LogP contribution < -0.4 is 20.1 Å². The highest BCUT2D eigenvalue weighted by molar-refractivity contribution is 6.01. The first-order valence-electron chi connectivity index (χ1n) is 8.95. The van der Waals surface area contributed by atoms with Crippen molar-refractivity contribution < 1.29 is 28.4 Å². The van der Waals surface area contributed by atoms with Gasteiger partial charge in [-0.2, -0.15) is 4.39 Å². The molecule has 0 saturated heterocycles. The molecule has 0 aromatic heterocycles. The van der Waals surface area contributed by atoms with Crippen molar-refractivity contribution in [2.75, 3.05) is 19.5 Å². The highest BCUT2D eigenvalue weighted by Gasteiger charge is 2.26. The van der Waals surface area contributed by atoms with Crippen LogP contribution in [-0.4, -0.2) is 37.0 Å². The lowest BCUT2D eigenvalue weighted by atomic mass is 10.0. The van der Waals surface area contributed by atoms with Crippen LogP contribution in [0.2, 0.25) is 0 Å². The maximum absolute atomic E-state index is 13.5. The molecule has 0 aliphatic heterocycles. The minimum atomic E-state index is -1.02. The van der Waals surface area contributed by atoms with E-state index in [2.05, 4.69) is 10.6 Å². The van der Waals surface area contributed by atoms with Crippen LogP contribution in [-0.2, 0) is 4.79 Å². The van der Waals surface area contributed by atoms with Crippen LogP contribution in [0.4, 0.5) is 15.8 Å². The number of nitrogens with zero attached hydrogens (tertiary/aromatic N) is 1. The fourth-order valence-electron chi connectivity index (χ4n) is 2.65. The van der Waals surface area contributed by atoms with Gasteiger partial charge in [0.25, 0.3) is 5.91 Å². The largest absolute Gasteiger partial charge is 0.497 e. The predicted molar refractivity (Wildman–Crippen MR) is 107 cm³/mol. The van der Waals surface area contributed by atoms with Gasteiger partial charge in [0.2, 0.25) is 11.7 Å². The van der Waals surface area contributed by atoms with Gasteiger partial charge >= 0.3 is 5.69 Å². The number of halogens is 1. The normalized spacial score (nSPS) is 11.5. The van der Waals surface area contributed by atoms with E-state index >= 15 is 0 Å².